The van der Waals surface area contributed by atoms with Crippen molar-refractivity contribution < 1.29 is 19.2 Å². The molecule has 1 aromatic heterocycles. The summed E-state index contributed by atoms with van der Waals surface area (Å²) < 4.78 is 0. The summed E-state index contributed by atoms with van der Waals surface area (Å²) in [6.07, 6.45) is 2.08. The summed E-state index contributed by atoms with van der Waals surface area (Å²) >= 11 is 1.55. The van der Waals surface area contributed by atoms with Gasteiger partial charge in [0.1, 0.15) is 5.82 Å². The molecule has 10 heteroatoms. The van der Waals surface area contributed by atoms with E-state index in [0.717, 1.165) is 30.1 Å². The first-order valence-corrected chi connectivity index (χ1v) is 12.7. The molecule has 3 fully saturated rings. The van der Waals surface area contributed by atoms with E-state index < -0.39 is 23.9 Å². The Balaban J connectivity index is 1.19. The minimum Gasteiger partial charge on any atom is -0.353 e. The zero-order chi connectivity index (χ0) is 23.7. The lowest BCUT2D eigenvalue weighted by Crippen LogP contribution is -2.58. The molecule has 0 saturated carbocycles. The number of likely N-dealkylation sites (tertiary alicyclic amines) is 1. The van der Waals surface area contributed by atoms with Crippen molar-refractivity contribution in [2.75, 3.05) is 44.2 Å². The zero-order valence-electron chi connectivity index (χ0n) is 19.3. The van der Waals surface area contributed by atoms with Gasteiger partial charge in [-0.05, 0) is 37.7 Å². The summed E-state index contributed by atoms with van der Waals surface area (Å²) in [7, 11) is 0. The molecule has 3 aliphatic heterocycles. The van der Waals surface area contributed by atoms with Gasteiger partial charge in [0.15, 0.2) is 0 Å². The lowest BCUT2D eigenvalue weighted by Gasteiger charge is -2.36. The molecule has 0 spiro atoms. The number of imide groups is 1. The molecular weight excluding hydrogens is 454 g/mol. The van der Waals surface area contributed by atoms with E-state index in [0.29, 0.717) is 50.2 Å². The number of carbonyl (C=O) groups excluding carboxylic acids is 3. The number of aryl methyl sites for hydroxylation is 1. The molecule has 3 saturated heterocycles. The normalized spacial score (nSPS) is 21.6. The fraction of sp³-hybridized carbons (Fsp3) is 0.500. The van der Waals surface area contributed by atoms with Gasteiger partial charge in [-0.1, -0.05) is 35.4 Å². The van der Waals surface area contributed by atoms with Crippen molar-refractivity contribution in [3.8, 4) is 0 Å². The van der Waals surface area contributed by atoms with E-state index in [-0.39, 0.29) is 0 Å². The van der Waals surface area contributed by atoms with Gasteiger partial charge in [-0.2, -0.15) is 0 Å². The standard InChI is InChI=1S/C24H29N5O4S/c1-17-25-21(16-34-17)27-11-12-28-15-20(14-27)22(30)29(23(28)31)33-24(32)26-9-7-19(8-10-26)13-18-5-3-2-4-6-18/h2-6,16,19-20H,7-15H2,1H3. The van der Waals surface area contributed by atoms with Gasteiger partial charge in [0.05, 0.1) is 10.9 Å². The monoisotopic (exact) mass is 483 g/mol. The maximum absolute atomic E-state index is 13.1. The summed E-state index contributed by atoms with van der Waals surface area (Å²) in [6.45, 7) is 4.83. The molecule has 34 heavy (non-hydrogen) atoms. The molecule has 0 N–H and O–H groups in total. The van der Waals surface area contributed by atoms with Crippen molar-refractivity contribution >= 4 is 35.2 Å². The third kappa shape index (κ3) is 4.72. The third-order valence-corrected chi connectivity index (χ3v) is 7.62. The second-order valence-electron chi connectivity index (χ2n) is 9.21. The Labute approximate surface area is 202 Å². The van der Waals surface area contributed by atoms with Crippen LogP contribution in [0.1, 0.15) is 23.4 Å². The SMILES string of the molecule is Cc1nc(N2CCN3CC(C2)C(=O)N(OC(=O)N2CCC(Cc4ccccc4)CC2)C3=O)cs1. The van der Waals surface area contributed by atoms with Gasteiger partial charge in [0, 0.05) is 44.6 Å². The zero-order valence-corrected chi connectivity index (χ0v) is 20.1. The van der Waals surface area contributed by atoms with Gasteiger partial charge in [-0.25, -0.2) is 14.6 Å². The summed E-state index contributed by atoms with van der Waals surface area (Å²) in [5, 5.41) is 3.60. The first-order chi connectivity index (χ1) is 16.5. The molecule has 5 rings (SSSR count). The van der Waals surface area contributed by atoms with Crippen LogP contribution in [0.5, 0.6) is 0 Å². The maximum Gasteiger partial charge on any atom is 0.434 e. The number of carbonyl (C=O) groups is 3. The Hall–Kier alpha value is -3.14. The highest BCUT2D eigenvalue weighted by molar-refractivity contribution is 7.09. The van der Waals surface area contributed by atoms with E-state index in [9.17, 15) is 14.4 Å². The van der Waals surface area contributed by atoms with Crippen LogP contribution in [0.2, 0.25) is 0 Å². The quantitative estimate of drug-likeness (QED) is 0.664. The van der Waals surface area contributed by atoms with E-state index in [1.54, 1.807) is 21.1 Å². The second-order valence-corrected chi connectivity index (χ2v) is 10.3. The van der Waals surface area contributed by atoms with E-state index in [4.69, 9.17) is 4.84 Å². The number of rotatable bonds is 4. The predicted molar refractivity (Wildman–Crippen MR) is 127 cm³/mol. The van der Waals surface area contributed by atoms with Crippen LogP contribution in [0.25, 0.3) is 0 Å². The number of hydrogen-bond acceptors (Lipinski definition) is 7. The smallest absolute Gasteiger partial charge is 0.353 e. The first-order valence-electron chi connectivity index (χ1n) is 11.8. The number of fused-ring (bicyclic) bond motifs is 2. The highest BCUT2D eigenvalue weighted by Gasteiger charge is 2.45. The molecule has 0 aliphatic carbocycles. The van der Waals surface area contributed by atoms with Crippen LogP contribution >= 0.6 is 11.3 Å². The largest absolute Gasteiger partial charge is 0.434 e. The second kappa shape index (κ2) is 9.61. The number of hydroxylamine groups is 2. The van der Waals surface area contributed by atoms with E-state index in [2.05, 4.69) is 17.1 Å². The molecule has 2 bridgehead atoms. The molecule has 1 unspecified atom stereocenters. The van der Waals surface area contributed by atoms with E-state index >= 15 is 0 Å². The number of nitrogens with zero attached hydrogens (tertiary/aromatic N) is 5. The van der Waals surface area contributed by atoms with Crippen LogP contribution in [0.4, 0.5) is 15.4 Å². The molecule has 4 heterocycles. The highest BCUT2D eigenvalue weighted by Crippen LogP contribution is 2.27. The Morgan fingerprint density at radius 3 is 2.47 bits per heavy atom. The van der Waals surface area contributed by atoms with Gasteiger partial charge < -0.3 is 19.5 Å². The number of aromatic nitrogens is 1. The fourth-order valence-electron chi connectivity index (χ4n) is 4.92. The van der Waals surface area contributed by atoms with Crippen molar-refractivity contribution in [1.82, 2.24) is 19.8 Å². The lowest BCUT2D eigenvalue weighted by molar-refractivity contribution is -0.167. The van der Waals surface area contributed by atoms with Crippen LogP contribution in [0.3, 0.4) is 0 Å². The molecular formula is C24H29N5O4S. The number of urea groups is 1. The summed E-state index contributed by atoms with van der Waals surface area (Å²) in [5.41, 5.74) is 1.30. The molecule has 2 aromatic rings. The van der Waals surface area contributed by atoms with Crippen molar-refractivity contribution in [3.05, 3.63) is 46.3 Å². The Morgan fingerprint density at radius 2 is 1.76 bits per heavy atom. The first kappa shape index (κ1) is 22.6. The number of piperidine rings is 1. The lowest BCUT2D eigenvalue weighted by atomic mass is 9.90. The van der Waals surface area contributed by atoms with E-state index in [1.165, 1.54) is 5.56 Å². The maximum atomic E-state index is 13.1. The Kier molecular flexibility index (Phi) is 6.40. The molecule has 1 atom stereocenters. The van der Waals surface area contributed by atoms with Crippen LogP contribution in [0.15, 0.2) is 35.7 Å². The van der Waals surface area contributed by atoms with Crippen LogP contribution < -0.4 is 4.90 Å². The van der Waals surface area contributed by atoms with Crippen molar-refractivity contribution in [3.63, 3.8) is 0 Å². The topological polar surface area (TPSA) is 86.3 Å². The minimum absolute atomic E-state index is 0.330. The van der Waals surface area contributed by atoms with Crippen LogP contribution in [0, 0.1) is 18.8 Å². The van der Waals surface area contributed by atoms with Gasteiger partial charge in [0.25, 0.3) is 5.91 Å². The van der Waals surface area contributed by atoms with Gasteiger partial charge >= 0.3 is 12.1 Å². The third-order valence-electron chi connectivity index (χ3n) is 6.86. The van der Waals surface area contributed by atoms with Crippen LogP contribution in [-0.2, 0) is 16.1 Å². The number of thiazole rings is 1. The van der Waals surface area contributed by atoms with Crippen molar-refractivity contribution in [1.29, 1.82) is 0 Å². The minimum atomic E-state index is -0.633. The van der Waals surface area contributed by atoms with Crippen molar-refractivity contribution in [2.45, 2.75) is 26.2 Å². The summed E-state index contributed by atoms with van der Waals surface area (Å²) in [5.74, 6) is 0.386. The predicted octanol–water partition coefficient (Wildman–Crippen LogP) is 3.16. The summed E-state index contributed by atoms with van der Waals surface area (Å²) in [4.78, 5) is 54.0. The average molecular weight is 484 g/mol. The number of benzene rings is 1. The molecule has 9 nitrogen and oxygen atoms in total. The molecule has 3 aliphatic rings. The van der Waals surface area contributed by atoms with Gasteiger partial charge in [-0.15, -0.1) is 11.3 Å². The molecule has 0 radical (unpaired) electrons. The number of anilines is 1. The Bertz CT molecular complexity index is 1050. The number of hydrogen-bond donors (Lipinski definition) is 0. The fourth-order valence-corrected chi connectivity index (χ4v) is 5.55. The number of amides is 4. The van der Waals surface area contributed by atoms with Gasteiger partial charge in [-0.3, -0.25) is 4.79 Å². The van der Waals surface area contributed by atoms with Gasteiger partial charge in [0.2, 0.25) is 0 Å². The Morgan fingerprint density at radius 1 is 1.06 bits per heavy atom. The molecule has 180 valence electrons. The van der Waals surface area contributed by atoms with Crippen LogP contribution in [-0.4, -0.2) is 77.1 Å². The molecule has 4 amide bonds. The van der Waals surface area contributed by atoms with E-state index in [1.807, 2.05) is 35.4 Å². The average Bonchev–Trinajstić information content (AvgIpc) is 3.17. The molecule has 1 aromatic carbocycles. The summed E-state index contributed by atoms with van der Waals surface area (Å²) in [6, 6.07) is 9.78. The van der Waals surface area contributed by atoms with Crippen molar-refractivity contribution in [2.24, 2.45) is 11.8 Å². The highest BCUT2D eigenvalue weighted by atomic mass is 32.1.